The van der Waals surface area contributed by atoms with Gasteiger partial charge in [-0.1, -0.05) is 50.4 Å². The van der Waals surface area contributed by atoms with Gasteiger partial charge in [0.2, 0.25) is 41.4 Å². The third-order valence-electron chi connectivity index (χ3n) is 14.6. The van der Waals surface area contributed by atoms with Crippen molar-refractivity contribution in [3.63, 3.8) is 0 Å². The average molecular weight is 1030 g/mol. The second kappa shape index (κ2) is 25.0. The summed E-state index contributed by atoms with van der Waals surface area (Å²) in [6.07, 6.45) is -1.55. The van der Waals surface area contributed by atoms with Gasteiger partial charge in [0.25, 0.3) is 0 Å². The van der Waals surface area contributed by atoms with Crippen LogP contribution in [0.1, 0.15) is 117 Å². The van der Waals surface area contributed by atoms with E-state index in [4.69, 9.17) is 27.9 Å². The fraction of sp³-hybridized carbons (Fsp3) is 0.735. The summed E-state index contributed by atoms with van der Waals surface area (Å²) in [7, 11) is 2.81. The second-order valence-electron chi connectivity index (χ2n) is 20.3. The molecule has 2 heterocycles. The van der Waals surface area contributed by atoms with Gasteiger partial charge in [0, 0.05) is 50.2 Å². The van der Waals surface area contributed by atoms with Crippen molar-refractivity contribution in [1.82, 2.24) is 41.3 Å². The van der Waals surface area contributed by atoms with Crippen LogP contribution in [-0.4, -0.2) is 152 Å². The number of ether oxygens (including phenoxy) is 1. The molecule has 4 aliphatic rings. The number of amides is 7. The Labute approximate surface area is 419 Å². The van der Waals surface area contributed by atoms with Gasteiger partial charge in [0.1, 0.15) is 41.7 Å². The van der Waals surface area contributed by atoms with Crippen molar-refractivity contribution < 1.29 is 51.5 Å². The van der Waals surface area contributed by atoms with Gasteiger partial charge in [-0.25, -0.2) is 0 Å². The number of morpholine rings is 1. The Bertz CT molecular complexity index is 2030. The number of rotatable bonds is 16. The topological polar surface area (TPSA) is 199 Å². The number of nitrogens with zero attached hydrogens (tertiary/aromatic N) is 3. The number of halogens is 5. The predicted octanol–water partition coefficient (Wildman–Crippen LogP) is 4.92. The molecular formula is C49H73Cl2F3N8O8. The second-order valence-corrected chi connectivity index (χ2v) is 21.2. The molecule has 21 heteroatoms. The van der Waals surface area contributed by atoms with E-state index in [1.807, 2.05) is 13.8 Å². The van der Waals surface area contributed by atoms with Gasteiger partial charge in [0.05, 0.1) is 13.2 Å². The van der Waals surface area contributed by atoms with Crippen molar-refractivity contribution in [2.24, 2.45) is 16.7 Å². The molecule has 1 spiro atoms. The Balaban J connectivity index is 1.37. The van der Waals surface area contributed by atoms with Crippen LogP contribution in [0.15, 0.2) is 18.2 Å². The fourth-order valence-electron chi connectivity index (χ4n) is 10.2. The van der Waals surface area contributed by atoms with E-state index >= 15 is 0 Å². The molecule has 1 aromatic carbocycles. The predicted molar refractivity (Wildman–Crippen MR) is 258 cm³/mol. The zero-order valence-corrected chi connectivity index (χ0v) is 42.9. The molecule has 0 radical (unpaired) electrons. The van der Waals surface area contributed by atoms with Crippen molar-refractivity contribution in [2.45, 2.75) is 160 Å². The number of carbonyl (C=O) groups excluding carboxylic acids is 7. The standard InChI is InChI=1S/C49H73Cl2F3N8O8/c1-7-35(57-41(64)36(13-9-11-20-62-21-23-70-24-22-62)59-46(69)48(49(52,53)54)28-47(29-48)17-12-18-47)44(67)60(5)38-14-8-10-19-55-40(63)31(4)56-43(66)39(27-32-26-33(50)15-16-34(32)51)61(6)45(68)37(25-30(2)3)58-42(38)65/h15-16,26,30-31,35-39H,7-14,17-25,27-29H2,1-6H3,(H,55,63)(H,56,66)(H,57,64)(H,58,65)(H,59,69)/t31-,35+,36+,37+,38+,39+/m1/s1. The van der Waals surface area contributed by atoms with E-state index in [9.17, 15) is 46.7 Å². The summed E-state index contributed by atoms with van der Waals surface area (Å²) >= 11 is 12.8. The molecule has 5 N–H and O–H groups in total. The lowest BCUT2D eigenvalue weighted by molar-refractivity contribution is -0.281. The molecule has 70 heavy (non-hydrogen) atoms. The normalized spacial score (nSPS) is 24.6. The number of unbranched alkanes of at least 4 members (excludes halogenated alkanes) is 1. The monoisotopic (exact) mass is 1030 g/mol. The lowest BCUT2D eigenvalue weighted by Crippen LogP contribution is -2.66. The first-order chi connectivity index (χ1) is 33.0. The molecule has 392 valence electrons. The van der Waals surface area contributed by atoms with Crippen molar-refractivity contribution in [2.75, 3.05) is 53.5 Å². The van der Waals surface area contributed by atoms with Crippen LogP contribution >= 0.6 is 23.2 Å². The Morgan fingerprint density at radius 3 is 2.24 bits per heavy atom. The summed E-state index contributed by atoms with van der Waals surface area (Å²) in [6.45, 7) is 10.3. The first-order valence-electron chi connectivity index (χ1n) is 24.8. The Kier molecular flexibility index (Phi) is 20.2. The summed E-state index contributed by atoms with van der Waals surface area (Å²) in [5, 5.41) is 14.2. The minimum Gasteiger partial charge on any atom is -0.379 e. The number of benzene rings is 1. The molecule has 16 nitrogen and oxygen atoms in total. The number of hydrogen-bond donors (Lipinski definition) is 5. The summed E-state index contributed by atoms with van der Waals surface area (Å²) < 4.78 is 49.6. The van der Waals surface area contributed by atoms with Gasteiger partial charge in [-0.3, -0.25) is 38.5 Å². The molecule has 2 saturated heterocycles. The molecule has 5 rings (SSSR count). The van der Waals surface area contributed by atoms with E-state index in [-0.39, 0.29) is 57.4 Å². The van der Waals surface area contributed by atoms with E-state index in [1.165, 1.54) is 30.8 Å². The summed E-state index contributed by atoms with van der Waals surface area (Å²) in [5.74, 6) is -5.30. The smallest absolute Gasteiger partial charge is 0.379 e. The zero-order valence-electron chi connectivity index (χ0n) is 41.4. The molecule has 0 aromatic heterocycles. The summed E-state index contributed by atoms with van der Waals surface area (Å²) in [4.78, 5) is 103. The fourth-order valence-corrected chi connectivity index (χ4v) is 10.6. The summed E-state index contributed by atoms with van der Waals surface area (Å²) in [5.41, 5.74) is -2.66. The maximum atomic E-state index is 14.7. The first-order valence-corrected chi connectivity index (χ1v) is 25.6. The lowest BCUT2D eigenvalue weighted by atomic mass is 9.44. The molecule has 0 bridgehead atoms. The largest absolute Gasteiger partial charge is 0.403 e. The van der Waals surface area contributed by atoms with Crippen LogP contribution in [0, 0.1) is 16.7 Å². The van der Waals surface area contributed by atoms with E-state index in [1.54, 1.807) is 25.1 Å². The van der Waals surface area contributed by atoms with Gasteiger partial charge in [-0.05, 0) is 126 Å². The van der Waals surface area contributed by atoms with Gasteiger partial charge in [0.15, 0.2) is 0 Å². The highest BCUT2D eigenvalue weighted by atomic mass is 35.5. The quantitative estimate of drug-likeness (QED) is 0.143. The van der Waals surface area contributed by atoms with Crippen LogP contribution in [0.4, 0.5) is 13.2 Å². The highest BCUT2D eigenvalue weighted by Gasteiger charge is 2.72. The molecule has 2 saturated carbocycles. The maximum absolute atomic E-state index is 14.7. The van der Waals surface area contributed by atoms with Crippen LogP contribution in [0.3, 0.4) is 0 Å². The molecule has 4 fully saturated rings. The van der Waals surface area contributed by atoms with Gasteiger partial charge < -0.3 is 41.1 Å². The van der Waals surface area contributed by atoms with Crippen LogP contribution < -0.4 is 26.6 Å². The number of carbonyl (C=O) groups is 7. The molecular weight excluding hydrogens is 956 g/mol. The third-order valence-corrected chi connectivity index (χ3v) is 15.2. The van der Waals surface area contributed by atoms with Gasteiger partial charge in [-0.15, -0.1) is 0 Å². The van der Waals surface area contributed by atoms with Gasteiger partial charge >= 0.3 is 6.18 Å². The highest BCUT2D eigenvalue weighted by Crippen LogP contribution is 2.69. The number of nitrogens with one attached hydrogen (secondary N) is 5. The van der Waals surface area contributed by atoms with Crippen LogP contribution in [0.5, 0.6) is 0 Å². The van der Waals surface area contributed by atoms with Crippen molar-refractivity contribution >= 4 is 64.6 Å². The first kappa shape index (κ1) is 56.7. The number of likely N-dealkylation sites (N-methyl/N-ethyl adjacent to an activating group) is 2. The van der Waals surface area contributed by atoms with E-state index in [0.29, 0.717) is 73.9 Å². The molecule has 0 unspecified atom stereocenters. The zero-order chi connectivity index (χ0) is 51.6. The van der Waals surface area contributed by atoms with E-state index < -0.39 is 94.6 Å². The van der Waals surface area contributed by atoms with Crippen LogP contribution in [0.25, 0.3) is 0 Å². The van der Waals surface area contributed by atoms with Crippen LogP contribution in [-0.2, 0) is 44.7 Å². The molecule has 2 aliphatic carbocycles. The maximum Gasteiger partial charge on any atom is 0.403 e. The van der Waals surface area contributed by atoms with Crippen molar-refractivity contribution in [3.8, 4) is 0 Å². The van der Waals surface area contributed by atoms with E-state index in [0.717, 1.165) is 19.5 Å². The van der Waals surface area contributed by atoms with Crippen molar-refractivity contribution in [3.05, 3.63) is 33.8 Å². The third kappa shape index (κ3) is 14.3. The Morgan fingerprint density at radius 1 is 0.943 bits per heavy atom. The SMILES string of the molecule is CC[C@H](NC(=O)[C@H](CCCCN1CCOCC1)NC(=O)C1(C(F)(F)F)CC2(CCC2)C1)C(=O)N(C)[C@H]1CCCCNC(=O)[C@@H](C)NC(=O)[C@H](Cc2cc(Cl)ccc2Cl)N(C)C(=O)[C@H](CC(C)C)NC1=O. The summed E-state index contributed by atoms with van der Waals surface area (Å²) in [6, 6.07) is -2.49. The molecule has 1 aromatic rings. The lowest BCUT2D eigenvalue weighted by Gasteiger charge is -2.60. The Morgan fingerprint density at radius 2 is 1.63 bits per heavy atom. The van der Waals surface area contributed by atoms with Crippen molar-refractivity contribution in [1.29, 1.82) is 0 Å². The highest BCUT2D eigenvalue weighted by molar-refractivity contribution is 6.33. The Hall–Kier alpha value is -4.20. The number of hydrogen-bond acceptors (Lipinski definition) is 9. The minimum absolute atomic E-state index is 0.0240. The molecule has 2 aliphatic heterocycles. The molecule has 7 amide bonds. The minimum atomic E-state index is -4.83. The van der Waals surface area contributed by atoms with E-state index in [2.05, 4.69) is 31.5 Å². The van der Waals surface area contributed by atoms with Crippen LogP contribution in [0.2, 0.25) is 10.0 Å². The number of alkyl halides is 3. The average Bonchev–Trinajstić information content (AvgIpc) is 3.27. The van der Waals surface area contributed by atoms with Gasteiger partial charge in [-0.2, -0.15) is 13.2 Å². The molecule has 6 atom stereocenters.